The number of aromatic nitrogens is 2. The Morgan fingerprint density at radius 2 is 2.23 bits per heavy atom. The van der Waals surface area contributed by atoms with Gasteiger partial charge in [-0.25, -0.2) is 0 Å². The van der Waals surface area contributed by atoms with Crippen LogP contribution in [0, 0.1) is 12.8 Å². The average molecular weight is 305 g/mol. The molecule has 1 fully saturated rings. The zero-order chi connectivity index (χ0) is 15.9. The molecule has 0 aromatic carbocycles. The Kier molecular flexibility index (Phi) is 6.19. The van der Waals surface area contributed by atoms with Crippen LogP contribution in [0.15, 0.2) is 12.3 Å². The molecule has 2 N–H and O–H groups in total. The summed E-state index contributed by atoms with van der Waals surface area (Å²) >= 11 is 0. The molecule has 2 rings (SSSR count). The highest BCUT2D eigenvalue weighted by Crippen LogP contribution is 2.27. The number of nitrogens with zero attached hydrogens (tertiary/aromatic N) is 2. The largest absolute Gasteiger partial charge is 0.396 e. The fourth-order valence-corrected chi connectivity index (χ4v) is 3.18. The van der Waals surface area contributed by atoms with E-state index in [9.17, 15) is 9.90 Å². The van der Waals surface area contributed by atoms with Gasteiger partial charge in [0.15, 0.2) is 0 Å². The molecule has 1 saturated carbocycles. The Morgan fingerprint density at radius 1 is 1.50 bits per heavy atom. The van der Waals surface area contributed by atoms with Crippen molar-refractivity contribution < 1.29 is 9.90 Å². The Bertz CT molecular complexity index is 516. The second-order valence-corrected chi connectivity index (χ2v) is 6.17. The first-order chi connectivity index (χ1) is 10.6. The van der Waals surface area contributed by atoms with E-state index in [-0.39, 0.29) is 18.6 Å². The Balaban J connectivity index is 1.94. The van der Waals surface area contributed by atoms with Gasteiger partial charge in [-0.2, -0.15) is 5.10 Å². The number of carbonyl (C=O) groups is 1. The maximum atomic E-state index is 12.2. The predicted octanol–water partition coefficient (Wildman–Crippen LogP) is 2.19. The van der Waals surface area contributed by atoms with Crippen LogP contribution in [0.3, 0.4) is 0 Å². The first-order valence-electron chi connectivity index (χ1n) is 8.20. The highest BCUT2D eigenvalue weighted by Gasteiger charge is 2.24. The molecule has 1 unspecified atom stereocenters. The van der Waals surface area contributed by atoms with Crippen molar-refractivity contribution in [2.24, 2.45) is 13.0 Å². The quantitative estimate of drug-likeness (QED) is 0.792. The maximum absolute atomic E-state index is 12.2. The van der Waals surface area contributed by atoms with Crippen LogP contribution >= 0.6 is 0 Å². The second kappa shape index (κ2) is 8.13. The molecule has 0 aliphatic heterocycles. The van der Waals surface area contributed by atoms with Crippen molar-refractivity contribution in [2.45, 2.75) is 51.5 Å². The van der Waals surface area contributed by atoms with E-state index in [2.05, 4.69) is 10.4 Å². The number of amides is 1. The summed E-state index contributed by atoms with van der Waals surface area (Å²) in [6.07, 6.45) is 11.8. The number of rotatable bonds is 6. The number of nitrogens with one attached hydrogen (secondary N) is 1. The smallest absolute Gasteiger partial charge is 0.244 e. The summed E-state index contributed by atoms with van der Waals surface area (Å²) in [5, 5.41) is 16.5. The average Bonchev–Trinajstić information content (AvgIpc) is 2.85. The van der Waals surface area contributed by atoms with Crippen LogP contribution in [0.4, 0.5) is 0 Å². The fraction of sp³-hybridized carbons (Fsp3) is 0.647. The summed E-state index contributed by atoms with van der Waals surface area (Å²) in [7, 11) is 1.88. The Labute approximate surface area is 132 Å². The van der Waals surface area contributed by atoms with Crippen LogP contribution < -0.4 is 5.32 Å². The number of carbonyl (C=O) groups excluding carboxylic acids is 1. The van der Waals surface area contributed by atoms with Crippen LogP contribution in [0.5, 0.6) is 0 Å². The summed E-state index contributed by atoms with van der Waals surface area (Å²) in [5.41, 5.74) is 1.98. The molecule has 0 saturated heterocycles. The molecular formula is C17H27N3O2. The Morgan fingerprint density at radius 3 is 2.82 bits per heavy atom. The van der Waals surface area contributed by atoms with Gasteiger partial charge >= 0.3 is 0 Å². The number of aryl methyl sites for hydroxylation is 1. The van der Waals surface area contributed by atoms with Crippen molar-refractivity contribution in [3.63, 3.8) is 0 Å². The predicted molar refractivity (Wildman–Crippen MR) is 87.2 cm³/mol. The van der Waals surface area contributed by atoms with Crippen molar-refractivity contribution in [1.82, 2.24) is 15.1 Å². The van der Waals surface area contributed by atoms with Gasteiger partial charge in [0.1, 0.15) is 0 Å². The molecule has 5 nitrogen and oxygen atoms in total. The van der Waals surface area contributed by atoms with E-state index in [1.54, 1.807) is 23.0 Å². The fourth-order valence-electron chi connectivity index (χ4n) is 3.18. The lowest BCUT2D eigenvalue weighted by Crippen LogP contribution is -2.41. The minimum absolute atomic E-state index is 0.0810. The van der Waals surface area contributed by atoms with Crippen molar-refractivity contribution in [3.8, 4) is 0 Å². The first-order valence-corrected chi connectivity index (χ1v) is 8.20. The van der Waals surface area contributed by atoms with E-state index in [0.29, 0.717) is 12.3 Å². The standard InChI is InChI=1S/C17H27N3O2/c1-13-15(12-18-20(13)2)8-9-17(22)19-16(10-11-21)14-6-4-3-5-7-14/h8-9,12,14,16,21H,3-7,10-11H2,1-2H3,(H,19,22)/b9-8+. The molecule has 1 amide bonds. The van der Waals surface area contributed by atoms with Crippen molar-refractivity contribution in [2.75, 3.05) is 6.61 Å². The van der Waals surface area contributed by atoms with E-state index in [4.69, 9.17) is 0 Å². The molecule has 1 aliphatic carbocycles. The molecule has 5 heteroatoms. The maximum Gasteiger partial charge on any atom is 0.244 e. The molecule has 1 aromatic rings. The molecule has 0 spiro atoms. The van der Waals surface area contributed by atoms with Crippen LogP contribution in [0.25, 0.3) is 6.08 Å². The van der Waals surface area contributed by atoms with Crippen molar-refractivity contribution in [3.05, 3.63) is 23.5 Å². The third-order valence-electron chi connectivity index (χ3n) is 4.67. The van der Waals surface area contributed by atoms with E-state index in [0.717, 1.165) is 24.1 Å². The lowest BCUT2D eigenvalue weighted by atomic mass is 9.82. The number of hydrogen-bond donors (Lipinski definition) is 2. The topological polar surface area (TPSA) is 67.2 Å². The van der Waals surface area contributed by atoms with Gasteiger partial charge in [0.25, 0.3) is 0 Å². The van der Waals surface area contributed by atoms with E-state index in [1.165, 1.54) is 19.3 Å². The first kappa shape index (κ1) is 16.7. The molecule has 1 heterocycles. The van der Waals surface area contributed by atoms with Gasteiger partial charge in [0, 0.05) is 37.0 Å². The third-order valence-corrected chi connectivity index (χ3v) is 4.67. The number of aliphatic hydroxyl groups is 1. The molecular weight excluding hydrogens is 278 g/mol. The zero-order valence-corrected chi connectivity index (χ0v) is 13.6. The minimum Gasteiger partial charge on any atom is -0.396 e. The van der Waals surface area contributed by atoms with Crippen LogP contribution in [-0.2, 0) is 11.8 Å². The number of aliphatic hydroxyl groups excluding tert-OH is 1. The van der Waals surface area contributed by atoms with Gasteiger partial charge in [-0.05, 0) is 38.2 Å². The molecule has 0 bridgehead atoms. The summed E-state index contributed by atoms with van der Waals surface area (Å²) in [6.45, 7) is 2.09. The normalized spacial score (nSPS) is 17.8. The molecule has 1 aliphatic rings. The van der Waals surface area contributed by atoms with E-state index >= 15 is 0 Å². The molecule has 1 aromatic heterocycles. The highest BCUT2D eigenvalue weighted by molar-refractivity contribution is 5.92. The van der Waals surface area contributed by atoms with Crippen LogP contribution in [0.1, 0.15) is 49.8 Å². The lowest BCUT2D eigenvalue weighted by Gasteiger charge is -2.30. The number of hydrogen-bond acceptors (Lipinski definition) is 3. The van der Waals surface area contributed by atoms with E-state index in [1.807, 2.05) is 14.0 Å². The van der Waals surface area contributed by atoms with Crippen molar-refractivity contribution in [1.29, 1.82) is 0 Å². The van der Waals surface area contributed by atoms with Crippen LogP contribution in [-0.4, -0.2) is 33.4 Å². The van der Waals surface area contributed by atoms with Gasteiger partial charge in [-0.3, -0.25) is 9.48 Å². The van der Waals surface area contributed by atoms with Crippen LogP contribution in [0.2, 0.25) is 0 Å². The van der Waals surface area contributed by atoms with Gasteiger partial charge in [0.2, 0.25) is 5.91 Å². The van der Waals surface area contributed by atoms with Gasteiger partial charge < -0.3 is 10.4 Å². The van der Waals surface area contributed by atoms with Crippen molar-refractivity contribution >= 4 is 12.0 Å². The summed E-state index contributed by atoms with van der Waals surface area (Å²) in [5.74, 6) is 0.408. The SMILES string of the molecule is Cc1c(/C=C/C(=O)NC(CCO)C2CCCCC2)cnn1C. The molecule has 1 atom stereocenters. The second-order valence-electron chi connectivity index (χ2n) is 6.17. The monoisotopic (exact) mass is 305 g/mol. The summed E-state index contributed by atoms with van der Waals surface area (Å²) in [6, 6.07) is 0.0810. The molecule has 22 heavy (non-hydrogen) atoms. The summed E-state index contributed by atoms with van der Waals surface area (Å²) < 4.78 is 1.79. The van der Waals surface area contributed by atoms with Gasteiger partial charge in [-0.15, -0.1) is 0 Å². The highest BCUT2D eigenvalue weighted by atomic mass is 16.3. The van der Waals surface area contributed by atoms with Gasteiger partial charge in [0.05, 0.1) is 6.20 Å². The van der Waals surface area contributed by atoms with Gasteiger partial charge in [-0.1, -0.05) is 19.3 Å². The molecule has 0 radical (unpaired) electrons. The summed E-state index contributed by atoms with van der Waals surface area (Å²) in [4.78, 5) is 12.2. The minimum atomic E-state index is -0.0905. The third kappa shape index (κ3) is 4.44. The van der Waals surface area contributed by atoms with E-state index < -0.39 is 0 Å². The molecule has 122 valence electrons. The lowest BCUT2D eigenvalue weighted by molar-refractivity contribution is -0.117. The Hall–Kier alpha value is -1.62. The zero-order valence-electron chi connectivity index (χ0n) is 13.6.